The number of amides is 2. The Kier molecular flexibility index (Phi) is 24.1. The highest BCUT2D eigenvalue weighted by atomic mass is 19.1. The monoisotopic (exact) mass is 1010 g/mol. The van der Waals surface area contributed by atoms with Gasteiger partial charge in [0.05, 0.1) is 31.5 Å². The fourth-order valence-corrected chi connectivity index (χ4v) is 10.9. The van der Waals surface area contributed by atoms with Crippen LogP contribution in [-0.2, 0) is 32.2 Å². The van der Waals surface area contributed by atoms with Gasteiger partial charge in [-0.1, -0.05) is 137 Å². The number of rotatable bonds is 33. The fourth-order valence-electron chi connectivity index (χ4n) is 10.9. The summed E-state index contributed by atoms with van der Waals surface area (Å²) in [5, 5.41) is 27.7. The molecular formula is C59H82FN3O10. The Bertz CT molecular complexity index is 2190. The molecule has 1 heterocycles. The van der Waals surface area contributed by atoms with Gasteiger partial charge in [0.1, 0.15) is 36.6 Å². The minimum absolute atomic E-state index is 0.00183. The van der Waals surface area contributed by atoms with Gasteiger partial charge in [0.2, 0.25) is 5.79 Å². The number of fused-ring (bicyclic) bond motifs is 2. The van der Waals surface area contributed by atoms with Crippen LogP contribution in [0.15, 0.2) is 102 Å². The number of benzene rings is 3. The van der Waals surface area contributed by atoms with Gasteiger partial charge in [-0.2, -0.15) is 0 Å². The topological polar surface area (TPSA) is 158 Å². The lowest BCUT2D eigenvalue weighted by atomic mass is 9.55. The van der Waals surface area contributed by atoms with Crippen LogP contribution >= 0.6 is 0 Å². The van der Waals surface area contributed by atoms with Gasteiger partial charge < -0.3 is 44.1 Å². The zero-order valence-corrected chi connectivity index (χ0v) is 43.5. The van der Waals surface area contributed by atoms with E-state index in [4.69, 9.17) is 33.7 Å². The first-order valence-corrected chi connectivity index (χ1v) is 27.2. The zero-order chi connectivity index (χ0) is 51.7. The van der Waals surface area contributed by atoms with Crippen molar-refractivity contribution in [3.05, 3.63) is 120 Å². The van der Waals surface area contributed by atoms with Crippen molar-refractivity contribution >= 4 is 17.9 Å². The van der Waals surface area contributed by atoms with E-state index in [1.165, 1.54) is 57.1 Å². The van der Waals surface area contributed by atoms with E-state index < -0.39 is 35.8 Å². The number of allylic oxidation sites excluding steroid dienone is 1. The molecule has 0 bridgehead atoms. The first-order chi connectivity index (χ1) is 35.8. The molecular weight excluding hydrogens is 930 g/mol. The number of nitrogens with zero attached hydrogens (tertiary/aromatic N) is 2. The van der Waals surface area contributed by atoms with Crippen molar-refractivity contribution in [2.24, 2.45) is 22.9 Å². The summed E-state index contributed by atoms with van der Waals surface area (Å²) in [5.41, 5.74) is 3.94. The molecule has 73 heavy (non-hydrogen) atoms. The second-order valence-electron chi connectivity index (χ2n) is 19.6. The standard InChI is InChI=1S/C59H82FN3O10/c1-4-7-8-9-10-11-12-13-14-20-33-61-57(66)72-48-31-32-53-51(40-48)55-49(26-19-22-35-65)46(25-18-21-34-64)39-50-52(62-71-6-3)41-54(59(73-53,56(50)55)70-36-5-2)63(42-44-27-29-47(60)30-28-44)58(67)69-38-37-68-43-45-23-16-15-17-24-45/h5,15-17,23-24,27-32,39-40,46,49,54-56,64-65H,2,4,6-14,18-22,25-26,33-38,41-43H2,1,3H3,(H,61,66). The van der Waals surface area contributed by atoms with Crippen molar-refractivity contribution in [2.45, 2.75) is 154 Å². The Balaban J connectivity index is 1.37. The van der Waals surface area contributed by atoms with E-state index in [1.807, 2.05) is 49.4 Å². The van der Waals surface area contributed by atoms with Crippen LogP contribution in [0.25, 0.3) is 0 Å². The Hall–Kier alpha value is -5.28. The molecule has 14 heteroatoms. The van der Waals surface area contributed by atoms with Crippen molar-refractivity contribution < 1.29 is 52.7 Å². The minimum atomic E-state index is -1.58. The highest BCUT2D eigenvalue weighted by Crippen LogP contribution is 2.62. The molecule has 0 spiro atoms. The Labute approximate surface area is 433 Å². The quantitative estimate of drug-likeness (QED) is 0.0305. The predicted molar refractivity (Wildman–Crippen MR) is 282 cm³/mol. The van der Waals surface area contributed by atoms with Crippen LogP contribution in [0.5, 0.6) is 11.5 Å². The molecule has 0 aromatic heterocycles. The minimum Gasteiger partial charge on any atom is -0.459 e. The van der Waals surface area contributed by atoms with Crippen LogP contribution < -0.4 is 14.8 Å². The molecule has 0 saturated heterocycles. The lowest BCUT2D eigenvalue weighted by Gasteiger charge is -2.59. The highest BCUT2D eigenvalue weighted by molar-refractivity contribution is 6.03. The second kappa shape index (κ2) is 30.8. The third-order valence-electron chi connectivity index (χ3n) is 14.4. The number of unbranched alkanes of at least 4 members (excludes halogenated alkanes) is 11. The first kappa shape index (κ1) is 57.0. The molecule has 3 aromatic carbocycles. The summed E-state index contributed by atoms with van der Waals surface area (Å²) in [7, 11) is 0. The van der Waals surface area contributed by atoms with Gasteiger partial charge in [-0.3, -0.25) is 4.90 Å². The number of aliphatic hydroxyl groups is 2. The average molecular weight is 1010 g/mol. The molecule has 6 unspecified atom stereocenters. The summed E-state index contributed by atoms with van der Waals surface area (Å²) in [6, 6.07) is 20.3. The lowest BCUT2D eigenvalue weighted by molar-refractivity contribution is -0.256. The smallest absolute Gasteiger partial charge is 0.412 e. The largest absolute Gasteiger partial charge is 0.459 e. The number of oxime groups is 1. The van der Waals surface area contributed by atoms with Crippen LogP contribution in [0, 0.1) is 23.6 Å². The van der Waals surface area contributed by atoms with E-state index in [-0.39, 0.29) is 63.8 Å². The Morgan fingerprint density at radius 2 is 1.58 bits per heavy atom. The van der Waals surface area contributed by atoms with Crippen molar-refractivity contribution in [3.63, 3.8) is 0 Å². The third kappa shape index (κ3) is 16.4. The van der Waals surface area contributed by atoms with Gasteiger partial charge in [0.15, 0.2) is 0 Å². The van der Waals surface area contributed by atoms with Gasteiger partial charge in [-0.25, -0.2) is 14.0 Å². The maximum absolute atomic E-state index is 14.9. The van der Waals surface area contributed by atoms with Crippen molar-refractivity contribution in [3.8, 4) is 11.5 Å². The van der Waals surface area contributed by atoms with Gasteiger partial charge in [0.25, 0.3) is 0 Å². The molecule has 13 nitrogen and oxygen atoms in total. The zero-order valence-electron chi connectivity index (χ0n) is 43.5. The number of carbonyl (C=O) groups is 2. The molecule has 3 N–H and O–H groups in total. The number of aliphatic hydroxyl groups excluding tert-OH is 2. The maximum Gasteiger partial charge on any atom is 0.412 e. The summed E-state index contributed by atoms with van der Waals surface area (Å²) in [6.07, 6.45) is 19.1. The third-order valence-corrected chi connectivity index (χ3v) is 14.4. The molecule has 3 aliphatic rings. The Morgan fingerprint density at radius 3 is 2.27 bits per heavy atom. The van der Waals surface area contributed by atoms with E-state index in [2.05, 4.69) is 24.9 Å². The molecule has 6 atom stereocenters. The number of nitrogens with one attached hydrogen (secondary N) is 1. The maximum atomic E-state index is 14.9. The molecule has 2 aliphatic carbocycles. The normalized spacial score (nSPS) is 21.3. The lowest BCUT2D eigenvalue weighted by Crippen LogP contribution is -2.70. The van der Waals surface area contributed by atoms with Crippen LogP contribution in [-0.4, -0.2) is 91.0 Å². The summed E-state index contributed by atoms with van der Waals surface area (Å²) in [4.78, 5) is 35.8. The van der Waals surface area contributed by atoms with Gasteiger partial charge in [-0.05, 0) is 97.9 Å². The average Bonchev–Trinajstić information content (AvgIpc) is 3.40. The fraction of sp³-hybridized carbons (Fsp3) is 0.576. The SMILES string of the molecule is C=CCOC12Oc3ccc(OC(=O)NCCCCCCCCCCCC)cc3C3C(CCCCO)C(CCCCO)C=C(C(=NOCC)CC1N(Cc1ccc(F)cc1)C(=O)OCCOCc1ccccc1)C32. The molecule has 1 aliphatic heterocycles. The number of carbonyl (C=O) groups excluding carboxylic acids is 2. The number of ether oxygens (including phenoxy) is 5. The molecule has 1 saturated carbocycles. The van der Waals surface area contributed by atoms with Crippen molar-refractivity contribution in [1.82, 2.24) is 10.2 Å². The predicted octanol–water partition coefficient (Wildman–Crippen LogP) is 12.3. The Morgan fingerprint density at radius 1 is 0.863 bits per heavy atom. The number of hydrogen-bond donors (Lipinski definition) is 3. The summed E-state index contributed by atoms with van der Waals surface area (Å²) >= 11 is 0. The van der Waals surface area contributed by atoms with Gasteiger partial charge in [-0.15, -0.1) is 6.58 Å². The highest BCUT2D eigenvalue weighted by Gasteiger charge is 2.65. The van der Waals surface area contributed by atoms with Crippen LogP contribution in [0.1, 0.15) is 146 Å². The van der Waals surface area contributed by atoms with Crippen LogP contribution in [0.3, 0.4) is 0 Å². The van der Waals surface area contributed by atoms with E-state index >= 15 is 0 Å². The van der Waals surface area contributed by atoms with Crippen molar-refractivity contribution in [1.29, 1.82) is 0 Å². The van der Waals surface area contributed by atoms with E-state index in [9.17, 15) is 24.2 Å². The molecule has 400 valence electrons. The van der Waals surface area contributed by atoms with E-state index in [0.717, 1.165) is 61.6 Å². The van der Waals surface area contributed by atoms with E-state index in [1.54, 1.807) is 29.2 Å². The summed E-state index contributed by atoms with van der Waals surface area (Å²) < 4.78 is 46.9. The van der Waals surface area contributed by atoms with Crippen LogP contribution in [0.4, 0.5) is 14.0 Å². The molecule has 3 aromatic rings. The first-order valence-electron chi connectivity index (χ1n) is 27.2. The van der Waals surface area contributed by atoms with Gasteiger partial charge >= 0.3 is 12.2 Å². The molecule has 2 amide bonds. The van der Waals surface area contributed by atoms with Crippen molar-refractivity contribution in [2.75, 3.05) is 46.2 Å². The number of hydrogen-bond acceptors (Lipinski definition) is 11. The molecule has 1 fully saturated rings. The van der Waals surface area contributed by atoms with Gasteiger partial charge in [0, 0.05) is 44.2 Å². The van der Waals surface area contributed by atoms with E-state index in [0.29, 0.717) is 55.4 Å². The molecule has 6 rings (SSSR count). The number of halogens is 1. The summed E-state index contributed by atoms with van der Waals surface area (Å²) in [6.45, 7) is 9.55. The van der Waals surface area contributed by atoms with Crippen LogP contribution in [0.2, 0.25) is 0 Å². The molecule has 0 radical (unpaired) electrons. The second-order valence-corrected chi connectivity index (χ2v) is 19.6. The summed E-state index contributed by atoms with van der Waals surface area (Å²) in [5.74, 6) is -2.14.